The quantitative estimate of drug-likeness (QED) is 0.826. The number of halogens is 1. The Hall–Kier alpha value is -1.06. The molecule has 0 fully saturated rings. The third-order valence-corrected chi connectivity index (χ3v) is 2.84. The van der Waals surface area contributed by atoms with Gasteiger partial charge in [-0.05, 0) is 23.6 Å². The van der Waals surface area contributed by atoms with Crippen LogP contribution in [0.5, 0.6) is 0 Å². The number of carboxylic acids is 1. The summed E-state index contributed by atoms with van der Waals surface area (Å²) in [6, 6.07) is 7.69. The summed E-state index contributed by atoms with van der Waals surface area (Å²) in [4.78, 5) is 12.8. The molecule has 1 aromatic carbocycles. The van der Waals surface area contributed by atoms with Crippen LogP contribution < -0.4 is 0 Å². The maximum Gasteiger partial charge on any atom is 0.304 e. The second kappa shape index (κ2) is 7.39. The van der Waals surface area contributed by atoms with Crippen LogP contribution in [0.1, 0.15) is 25.8 Å². The minimum atomic E-state index is -0.750. The molecule has 0 atom stereocenters. The summed E-state index contributed by atoms with van der Waals surface area (Å²) in [5.74, 6) is -0.231. The minimum Gasteiger partial charge on any atom is -0.481 e. The van der Waals surface area contributed by atoms with Crippen LogP contribution in [0.25, 0.3) is 0 Å². The number of carbonyl (C=O) groups is 1. The lowest BCUT2D eigenvalue weighted by atomic mass is 10.1. The van der Waals surface area contributed by atoms with Gasteiger partial charge < -0.3 is 5.11 Å². The van der Waals surface area contributed by atoms with Crippen LogP contribution in [-0.2, 0) is 11.3 Å². The maximum absolute atomic E-state index is 10.6. The fourth-order valence-electron chi connectivity index (χ4n) is 1.85. The molecule has 0 aliphatic heterocycles. The Morgan fingerprint density at radius 2 is 1.94 bits per heavy atom. The third kappa shape index (κ3) is 6.03. The summed E-state index contributed by atoms with van der Waals surface area (Å²) in [5.41, 5.74) is 1.16. The number of hydrogen-bond acceptors (Lipinski definition) is 2. The van der Waals surface area contributed by atoms with E-state index in [0.29, 0.717) is 12.5 Å². The van der Waals surface area contributed by atoms with Gasteiger partial charge in [-0.3, -0.25) is 9.69 Å². The first kappa shape index (κ1) is 15.0. The van der Waals surface area contributed by atoms with Crippen LogP contribution in [-0.4, -0.2) is 29.1 Å². The molecule has 0 aliphatic carbocycles. The SMILES string of the molecule is CC(C)CN(CCC(=O)O)Cc1ccc(Cl)cc1. The van der Waals surface area contributed by atoms with Crippen LogP contribution in [0, 0.1) is 5.92 Å². The van der Waals surface area contributed by atoms with E-state index in [4.69, 9.17) is 16.7 Å². The van der Waals surface area contributed by atoms with E-state index in [-0.39, 0.29) is 6.42 Å². The lowest BCUT2D eigenvalue weighted by Gasteiger charge is -2.23. The largest absolute Gasteiger partial charge is 0.481 e. The minimum absolute atomic E-state index is 0.181. The molecule has 100 valence electrons. The van der Waals surface area contributed by atoms with Gasteiger partial charge in [0.05, 0.1) is 6.42 Å². The fourth-order valence-corrected chi connectivity index (χ4v) is 1.98. The number of benzene rings is 1. The number of rotatable bonds is 7. The van der Waals surface area contributed by atoms with E-state index in [0.717, 1.165) is 23.7 Å². The van der Waals surface area contributed by atoms with E-state index in [9.17, 15) is 4.79 Å². The molecule has 18 heavy (non-hydrogen) atoms. The molecule has 0 saturated carbocycles. The van der Waals surface area contributed by atoms with E-state index in [1.54, 1.807) is 0 Å². The van der Waals surface area contributed by atoms with Gasteiger partial charge in [0.1, 0.15) is 0 Å². The summed E-state index contributed by atoms with van der Waals surface area (Å²) in [6.45, 7) is 6.51. The predicted molar refractivity (Wildman–Crippen MR) is 73.8 cm³/mol. The first-order valence-electron chi connectivity index (χ1n) is 6.16. The van der Waals surface area contributed by atoms with Crippen molar-refractivity contribution in [3.8, 4) is 0 Å². The molecule has 0 radical (unpaired) electrons. The van der Waals surface area contributed by atoms with Gasteiger partial charge >= 0.3 is 5.97 Å². The van der Waals surface area contributed by atoms with Gasteiger partial charge in [-0.1, -0.05) is 37.6 Å². The first-order chi connectivity index (χ1) is 8.47. The Morgan fingerprint density at radius 1 is 1.33 bits per heavy atom. The fraction of sp³-hybridized carbons (Fsp3) is 0.500. The molecule has 0 aromatic heterocycles. The van der Waals surface area contributed by atoms with Crippen LogP contribution in [0.15, 0.2) is 24.3 Å². The van der Waals surface area contributed by atoms with E-state index >= 15 is 0 Å². The third-order valence-electron chi connectivity index (χ3n) is 2.58. The van der Waals surface area contributed by atoms with Crippen LogP contribution >= 0.6 is 11.6 Å². The number of hydrogen-bond donors (Lipinski definition) is 1. The van der Waals surface area contributed by atoms with Crippen molar-refractivity contribution in [2.75, 3.05) is 13.1 Å². The highest BCUT2D eigenvalue weighted by Crippen LogP contribution is 2.12. The lowest BCUT2D eigenvalue weighted by Crippen LogP contribution is -2.29. The second-order valence-corrected chi connectivity index (χ2v) is 5.34. The first-order valence-corrected chi connectivity index (χ1v) is 6.53. The Kier molecular flexibility index (Phi) is 6.16. The molecule has 0 aliphatic rings. The second-order valence-electron chi connectivity index (χ2n) is 4.90. The van der Waals surface area contributed by atoms with Crippen molar-refractivity contribution in [1.29, 1.82) is 0 Å². The molecule has 1 N–H and O–H groups in total. The summed E-state index contributed by atoms with van der Waals surface area (Å²) < 4.78 is 0. The highest BCUT2D eigenvalue weighted by molar-refractivity contribution is 6.30. The molecule has 4 heteroatoms. The molecule has 1 rings (SSSR count). The van der Waals surface area contributed by atoms with Crippen LogP contribution in [0.4, 0.5) is 0 Å². The Morgan fingerprint density at radius 3 is 2.44 bits per heavy atom. The molecule has 0 amide bonds. The van der Waals surface area contributed by atoms with Gasteiger partial charge in [-0.2, -0.15) is 0 Å². The average molecular weight is 270 g/mol. The standard InChI is InChI=1S/C14H20ClNO2/c1-11(2)9-16(8-7-14(17)18)10-12-3-5-13(15)6-4-12/h3-6,11H,7-10H2,1-2H3,(H,17,18). The van der Waals surface area contributed by atoms with Gasteiger partial charge in [0, 0.05) is 24.7 Å². The number of carboxylic acid groups (broad SMARTS) is 1. The van der Waals surface area contributed by atoms with Crippen molar-refractivity contribution < 1.29 is 9.90 Å². The average Bonchev–Trinajstić information content (AvgIpc) is 2.28. The van der Waals surface area contributed by atoms with Gasteiger partial charge in [-0.25, -0.2) is 0 Å². The molecule has 0 bridgehead atoms. The number of nitrogens with zero attached hydrogens (tertiary/aromatic N) is 1. The van der Waals surface area contributed by atoms with Gasteiger partial charge in [-0.15, -0.1) is 0 Å². The van der Waals surface area contributed by atoms with Crippen molar-refractivity contribution >= 4 is 17.6 Å². The summed E-state index contributed by atoms with van der Waals surface area (Å²) in [6.07, 6.45) is 0.181. The Balaban J connectivity index is 2.59. The van der Waals surface area contributed by atoms with E-state index in [1.807, 2.05) is 24.3 Å². The monoisotopic (exact) mass is 269 g/mol. The molecule has 0 heterocycles. The topological polar surface area (TPSA) is 40.5 Å². The molecular formula is C14H20ClNO2. The zero-order chi connectivity index (χ0) is 13.5. The lowest BCUT2D eigenvalue weighted by molar-refractivity contribution is -0.137. The predicted octanol–water partition coefficient (Wildman–Crippen LogP) is 3.27. The Labute approximate surface area is 113 Å². The molecule has 0 unspecified atom stereocenters. The van der Waals surface area contributed by atoms with E-state index < -0.39 is 5.97 Å². The van der Waals surface area contributed by atoms with Crippen LogP contribution in [0.3, 0.4) is 0 Å². The van der Waals surface area contributed by atoms with Gasteiger partial charge in [0.15, 0.2) is 0 Å². The molecule has 3 nitrogen and oxygen atoms in total. The van der Waals surface area contributed by atoms with Crippen molar-refractivity contribution in [2.24, 2.45) is 5.92 Å². The zero-order valence-corrected chi connectivity index (χ0v) is 11.7. The van der Waals surface area contributed by atoms with Crippen LogP contribution in [0.2, 0.25) is 5.02 Å². The maximum atomic E-state index is 10.6. The molecular weight excluding hydrogens is 250 g/mol. The summed E-state index contributed by atoms with van der Waals surface area (Å²) in [5, 5.41) is 9.48. The summed E-state index contributed by atoms with van der Waals surface area (Å²) >= 11 is 5.84. The van der Waals surface area contributed by atoms with E-state index in [2.05, 4.69) is 18.7 Å². The van der Waals surface area contributed by atoms with Gasteiger partial charge in [0.2, 0.25) is 0 Å². The van der Waals surface area contributed by atoms with Crippen molar-refractivity contribution in [2.45, 2.75) is 26.8 Å². The number of aliphatic carboxylic acids is 1. The van der Waals surface area contributed by atoms with Crippen molar-refractivity contribution in [1.82, 2.24) is 4.90 Å². The molecule has 0 saturated heterocycles. The molecule has 1 aromatic rings. The zero-order valence-electron chi connectivity index (χ0n) is 10.9. The highest BCUT2D eigenvalue weighted by atomic mass is 35.5. The van der Waals surface area contributed by atoms with E-state index in [1.165, 1.54) is 0 Å². The van der Waals surface area contributed by atoms with Gasteiger partial charge in [0.25, 0.3) is 0 Å². The molecule has 0 spiro atoms. The smallest absolute Gasteiger partial charge is 0.304 e. The van der Waals surface area contributed by atoms with Crippen molar-refractivity contribution in [3.05, 3.63) is 34.9 Å². The Bertz CT molecular complexity index is 376. The normalized spacial score (nSPS) is 11.2. The van der Waals surface area contributed by atoms with Crippen molar-refractivity contribution in [3.63, 3.8) is 0 Å². The highest BCUT2D eigenvalue weighted by Gasteiger charge is 2.10. The summed E-state index contributed by atoms with van der Waals surface area (Å²) in [7, 11) is 0.